The van der Waals surface area contributed by atoms with E-state index in [9.17, 15) is 9.59 Å². The highest BCUT2D eigenvalue weighted by Gasteiger charge is 2.09. The maximum Gasteiger partial charge on any atom is 0.336 e. The van der Waals surface area contributed by atoms with Gasteiger partial charge >= 0.3 is 5.97 Å². The first-order valence-electron chi connectivity index (χ1n) is 10.1. The minimum atomic E-state index is -0.499. The van der Waals surface area contributed by atoms with Crippen molar-refractivity contribution in [3.05, 3.63) is 95.1 Å². The van der Waals surface area contributed by atoms with Crippen LogP contribution in [0, 0.1) is 13.8 Å². The Bertz CT molecular complexity index is 1080. The minimum Gasteiger partial charge on any atom is -0.494 e. The van der Waals surface area contributed by atoms with Crippen molar-refractivity contribution in [3.8, 4) is 11.5 Å². The Balaban J connectivity index is 1.57. The molecule has 3 aromatic rings. The van der Waals surface area contributed by atoms with Gasteiger partial charge in [-0.25, -0.2) is 4.79 Å². The zero-order chi connectivity index (χ0) is 22.2. The lowest BCUT2D eigenvalue weighted by Gasteiger charge is -2.10. The maximum absolute atomic E-state index is 12.5. The molecule has 0 fully saturated rings. The van der Waals surface area contributed by atoms with E-state index in [-0.39, 0.29) is 5.91 Å². The van der Waals surface area contributed by atoms with E-state index in [1.807, 2.05) is 63.2 Å². The van der Waals surface area contributed by atoms with Crippen molar-refractivity contribution in [3.63, 3.8) is 0 Å². The third kappa shape index (κ3) is 6.31. The number of esters is 1. The molecule has 0 atom stereocenters. The molecule has 5 nitrogen and oxygen atoms in total. The number of amides is 1. The van der Waals surface area contributed by atoms with Gasteiger partial charge in [0.15, 0.2) is 0 Å². The van der Waals surface area contributed by atoms with E-state index < -0.39 is 5.97 Å². The molecule has 0 spiro atoms. The van der Waals surface area contributed by atoms with Gasteiger partial charge in [-0.05, 0) is 86.0 Å². The second-order valence-electron chi connectivity index (χ2n) is 7.05. The fourth-order valence-electron chi connectivity index (χ4n) is 2.90. The summed E-state index contributed by atoms with van der Waals surface area (Å²) >= 11 is 0. The van der Waals surface area contributed by atoms with Crippen LogP contribution in [0.3, 0.4) is 0 Å². The first kappa shape index (κ1) is 21.8. The second-order valence-corrected chi connectivity index (χ2v) is 7.05. The lowest BCUT2D eigenvalue weighted by molar-refractivity contribution is -0.128. The molecule has 158 valence electrons. The van der Waals surface area contributed by atoms with Gasteiger partial charge in [0.05, 0.1) is 6.61 Å². The summed E-state index contributed by atoms with van der Waals surface area (Å²) in [5.74, 6) is 0.428. The van der Waals surface area contributed by atoms with Crippen LogP contribution in [0.1, 0.15) is 34.0 Å². The summed E-state index contributed by atoms with van der Waals surface area (Å²) in [5, 5.41) is 2.91. The standard InChI is InChI=1S/C26H25NO4/c1-4-30-22-12-7-20(8-13-22)9-16-25(28)31-23-14-10-21(11-15-23)26(29)27-24-17-18(2)5-6-19(24)3/h5-17H,4H2,1-3H3,(H,27,29)/b16-9+. The molecule has 0 radical (unpaired) electrons. The molecule has 1 N–H and O–H groups in total. The van der Waals surface area contributed by atoms with Crippen LogP contribution in [0.25, 0.3) is 6.08 Å². The lowest BCUT2D eigenvalue weighted by atomic mass is 10.1. The number of hydrogen-bond donors (Lipinski definition) is 1. The van der Waals surface area contributed by atoms with Gasteiger partial charge in [0.2, 0.25) is 0 Å². The molecule has 0 aliphatic rings. The quantitative estimate of drug-likeness (QED) is 0.311. The van der Waals surface area contributed by atoms with Gasteiger partial charge in [0, 0.05) is 17.3 Å². The Morgan fingerprint density at radius 2 is 1.58 bits per heavy atom. The van der Waals surface area contributed by atoms with Crippen LogP contribution >= 0.6 is 0 Å². The monoisotopic (exact) mass is 415 g/mol. The largest absolute Gasteiger partial charge is 0.494 e. The number of carbonyl (C=O) groups is 2. The summed E-state index contributed by atoms with van der Waals surface area (Å²) in [6, 6.07) is 19.7. The number of anilines is 1. The van der Waals surface area contributed by atoms with Crippen LogP contribution in [0.15, 0.2) is 72.8 Å². The van der Waals surface area contributed by atoms with Crippen molar-refractivity contribution in [1.29, 1.82) is 0 Å². The Morgan fingerprint density at radius 1 is 0.903 bits per heavy atom. The average Bonchev–Trinajstić information content (AvgIpc) is 2.76. The molecule has 3 rings (SSSR count). The van der Waals surface area contributed by atoms with Crippen LogP contribution in [0.5, 0.6) is 11.5 Å². The molecule has 0 bridgehead atoms. The van der Waals surface area contributed by atoms with E-state index in [2.05, 4.69) is 5.32 Å². The van der Waals surface area contributed by atoms with E-state index in [0.29, 0.717) is 17.9 Å². The zero-order valence-electron chi connectivity index (χ0n) is 17.8. The number of nitrogens with one attached hydrogen (secondary N) is 1. The molecular formula is C26H25NO4. The van der Waals surface area contributed by atoms with Gasteiger partial charge in [-0.15, -0.1) is 0 Å². The van der Waals surface area contributed by atoms with Crippen molar-refractivity contribution in [1.82, 2.24) is 0 Å². The predicted octanol–water partition coefficient (Wildman–Crippen LogP) is 5.57. The smallest absolute Gasteiger partial charge is 0.336 e. The molecule has 0 aliphatic carbocycles. The first-order chi connectivity index (χ1) is 14.9. The minimum absolute atomic E-state index is 0.220. The topological polar surface area (TPSA) is 64.6 Å². The van der Waals surface area contributed by atoms with E-state index in [4.69, 9.17) is 9.47 Å². The van der Waals surface area contributed by atoms with Crippen molar-refractivity contribution in [2.45, 2.75) is 20.8 Å². The summed E-state index contributed by atoms with van der Waals surface area (Å²) in [5.41, 5.74) is 4.18. The normalized spacial score (nSPS) is 10.7. The molecule has 31 heavy (non-hydrogen) atoms. The van der Waals surface area contributed by atoms with Crippen LogP contribution in [0.2, 0.25) is 0 Å². The predicted molar refractivity (Wildman–Crippen MR) is 123 cm³/mol. The molecule has 3 aromatic carbocycles. The van der Waals surface area contributed by atoms with E-state index in [1.165, 1.54) is 6.08 Å². The fraction of sp³-hybridized carbons (Fsp3) is 0.154. The van der Waals surface area contributed by atoms with Gasteiger partial charge in [-0.3, -0.25) is 4.79 Å². The maximum atomic E-state index is 12.5. The Labute approximate surface area is 182 Å². The second kappa shape index (κ2) is 10.3. The summed E-state index contributed by atoms with van der Waals surface area (Å²) < 4.78 is 10.7. The van der Waals surface area contributed by atoms with Gasteiger partial charge in [-0.2, -0.15) is 0 Å². The molecule has 0 heterocycles. The highest BCUT2D eigenvalue weighted by Crippen LogP contribution is 2.19. The van der Waals surface area contributed by atoms with Crippen molar-refractivity contribution >= 4 is 23.6 Å². The Kier molecular flexibility index (Phi) is 7.22. The van der Waals surface area contributed by atoms with Crippen molar-refractivity contribution in [2.24, 2.45) is 0 Å². The first-order valence-corrected chi connectivity index (χ1v) is 10.1. The summed E-state index contributed by atoms with van der Waals surface area (Å²) in [6.45, 7) is 6.45. The van der Waals surface area contributed by atoms with Gasteiger partial charge in [0.25, 0.3) is 5.91 Å². The third-order valence-electron chi connectivity index (χ3n) is 4.58. The van der Waals surface area contributed by atoms with Gasteiger partial charge in [-0.1, -0.05) is 24.3 Å². The number of aryl methyl sites for hydroxylation is 2. The highest BCUT2D eigenvalue weighted by molar-refractivity contribution is 6.04. The molecule has 0 aliphatic heterocycles. The highest BCUT2D eigenvalue weighted by atomic mass is 16.5. The number of hydrogen-bond acceptors (Lipinski definition) is 4. The number of carbonyl (C=O) groups excluding carboxylic acids is 2. The molecular weight excluding hydrogens is 390 g/mol. The third-order valence-corrected chi connectivity index (χ3v) is 4.58. The van der Waals surface area contributed by atoms with E-state index >= 15 is 0 Å². The number of benzene rings is 3. The zero-order valence-corrected chi connectivity index (χ0v) is 17.8. The van der Waals surface area contributed by atoms with Crippen molar-refractivity contribution in [2.75, 3.05) is 11.9 Å². The van der Waals surface area contributed by atoms with Crippen LogP contribution < -0.4 is 14.8 Å². The molecule has 0 saturated carbocycles. The van der Waals surface area contributed by atoms with Crippen molar-refractivity contribution < 1.29 is 19.1 Å². The summed E-state index contributed by atoms with van der Waals surface area (Å²) in [7, 11) is 0. The Hall–Kier alpha value is -3.86. The lowest BCUT2D eigenvalue weighted by Crippen LogP contribution is -2.13. The molecule has 0 saturated heterocycles. The van der Waals surface area contributed by atoms with Gasteiger partial charge < -0.3 is 14.8 Å². The molecule has 1 amide bonds. The Morgan fingerprint density at radius 3 is 2.26 bits per heavy atom. The SMILES string of the molecule is CCOc1ccc(/C=C/C(=O)Oc2ccc(C(=O)Nc3cc(C)ccc3C)cc2)cc1. The van der Waals surface area contributed by atoms with Crippen LogP contribution in [-0.2, 0) is 4.79 Å². The summed E-state index contributed by atoms with van der Waals surface area (Å²) in [4.78, 5) is 24.6. The van der Waals surface area contributed by atoms with E-state index in [1.54, 1.807) is 30.3 Å². The summed E-state index contributed by atoms with van der Waals surface area (Å²) in [6.07, 6.45) is 3.03. The van der Waals surface area contributed by atoms with Gasteiger partial charge in [0.1, 0.15) is 11.5 Å². The molecule has 0 aromatic heterocycles. The molecule has 5 heteroatoms. The average molecular weight is 415 g/mol. The number of ether oxygens (including phenoxy) is 2. The molecule has 0 unspecified atom stereocenters. The fourth-order valence-corrected chi connectivity index (χ4v) is 2.90. The van der Waals surface area contributed by atoms with Crippen LogP contribution in [0.4, 0.5) is 5.69 Å². The van der Waals surface area contributed by atoms with Crippen LogP contribution in [-0.4, -0.2) is 18.5 Å². The number of rotatable bonds is 7. The van der Waals surface area contributed by atoms with E-state index in [0.717, 1.165) is 28.1 Å².